The molecular weight excluding hydrogens is 383 g/mol. The molecule has 0 fully saturated rings. The van der Waals surface area contributed by atoms with E-state index in [4.69, 9.17) is 16.3 Å². The Morgan fingerprint density at radius 1 is 0.929 bits per heavy atom. The minimum absolute atomic E-state index is 0.265. The van der Waals surface area contributed by atoms with Crippen LogP contribution in [0.4, 0.5) is 4.39 Å². The van der Waals surface area contributed by atoms with E-state index in [-0.39, 0.29) is 11.3 Å². The van der Waals surface area contributed by atoms with Gasteiger partial charge >= 0.3 is 5.97 Å². The molecule has 0 bridgehead atoms. The largest absolute Gasteiger partial charge is 0.422 e. The second-order valence-corrected chi connectivity index (χ2v) is 6.08. The fraction of sp³-hybridized carbons (Fsp3) is 0. The number of benzene rings is 3. The van der Waals surface area contributed by atoms with Gasteiger partial charge in [0.1, 0.15) is 11.6 Å². The summed E-state index contributed by atoms with van der Waals surface area (Å²) in [7, 11) is 0. The van der Waals surface area contributed by atoms with Crippen molar-refractivity contribution >= 4 is 29.7 Å². The fourth-order valence-corrected chi connectivity index (χ4v) is 2.38. The molecule has 0 aliphatic carbocycles. The Hall–Kier alpha value is -3.51. The normalized spacial score (nSPS) is 10.6. The van der Waals surface area contributed by atoms with Crippen LogP contribution in [0, 0.1) is 5.82 Å². The van der Waals surface area contributed by atoms with Crippen LogP contribution in [0.25, 0.3) is 0 Å². The van der Waals surface area contributed by atoms with E-state index in [1.165, 1.54) is 30.5 Å². The van der Waals surface area contributed by atoms with Crippen molar-refractivity contribution in [1.82, 2.24) is 5.43 Å². The lowest BCUT2D eigenvalue weighted by molar-refractivity contribution is 0.0734. The molecule has 0 atom stereocenters. The van der Waals surface area contributed by atoms with Gasteiger partial charge < -0.3 is 4.74 Å². The van der Waals surface area contributed by atoms with Gasteiger partial charge in [-0.3, -0.25) is 4.79 Å². The highest BCUT2D eigenvalue weighted by molar-refractivity contribution is 6.30. The zero-order valence-electron chi connectivity index (χ0n) is 14.4. The molecule has 5 nitrogen and oxygen atoms in total. The molecule has 0 saturated carbocycles. The minimum atomic E-state index is -0.548. The molecule has 0 saturated heterocycles. The Kier molecular flexibility index (Phi) is 6.14. The minimum Gasteiger partial charge on any atom is -0.422 e. The molecule has 0 aliphatic heterocycles. The van der Waals surface area contributed by atoms with Gasteiger partial charge in [0.2, 0.25) is 0 Å². The van der Waals surface area contributed by atoms with Gasteiger partial charge in [-0.2, -0.15) is 5.10 Å². The quantitative estimate of drug-likeness (QED) is 0.299. The van der Waals surface area contributed by atoms with E-state index in [9.17, 15) is 14.0 Å². The Bertz CT molecular complexity index is 1020. The van der Waals surface area contributed by atoms with Crippen LogP contribution in [-0.2, 0) is 0 Å². The number of carbonyl (C=O) groups is 2. The maximum atomic E-state index is 12.9. The van der Waals surface area contributed by atoms with Gasteiger partial charge in [0.25, 0.3) is 5.91 Å². The first-order valence-corrected chi connectivity index (χ1v) is 8.56. The van der Waals surface area contributed by atoms with Crippen LogP contribution in [0.15, 0.2) is 77.9 Å². The fourth-order valence-electron chi connectivity index (χ4n) is 2.25. The predicted molar refractivity (Wildman–Crippen MR) is 104 cm³/mol. The summed E-state index contributed by atoms with van der Waals surface area (Å²) in [5.41, 5.74) is 3.44. The number of rotatable bonds is 5. The van der Waals surface area contributed by atoms with Gasteiger partial charge in [-0.1, -0.05) is 23.7 Å². The molecule has 0 heterocycles. The average Bonchev–Trinajstić information content (AvgIpc) is 2.70. The van der Waals surface area contributed by atoms with Crippen LogP contribution in [0.2, 0.25) is 5.02 Å². The van der Waals surface area contributed by atoms with E-state index in [0.717, 1.165) is 0 Å². The number of ether oxygens (including phenoxy) is 1. The van der Waals surface area contributed by atoms with E-state index in [2.05, 4.69) is 10.5 Å². The van der Waals surface area contributed by atoms with Gasteiger partial charge in [-0.25, -0.2) is 14.6 Å². The van der Waals surface area contributed by atoms with E-state index in [1.54, 1.807) is 48.5 Å². The van der Waals surface area contributed by atoms with Gasteiger partial charge in [-0.05, 0) is 60.7 Å². The Morgan fingerprint density at radius 2 is 1.57 bits per heavy atom. The van der Waals surface area contributed by atoms with Crippen molar-refractivity contribution in [2.24, 2.45) is 5.10 Å². The summed E-state index contributed by atoms with van der Waals surface area (Å²) in [6, 6.07) is 18.1. The third-order valence-electron chi connectivity index (χ3n) is 3.68. The maximum Gasteiger partial charge on any atom is 0.343 e. The number of esters is 1. The topological polar surface area (TPSA) is 67.8 Å². The molecule has 3 aromatic carbocycles. The molecule has 1 N–H and O–H groups in total. The lowest BCUT2D eigenvalue weighted by Gasteiger charge is -2.07. The van der Waals surface area contributed by atoms with Gasteiger partial charge in [-0.15, -0.1) is 0 Å². The second-order valence-electron chi connectivity index (χ2n) is 5.64. The van der Waals surface area contributed by atoms with E-state index < -0.39 is 17.7 Å². The molecule has 3 aromatic rings. The molecule has 0 aromatic heterocycles. The van der Waals surface area contributed by atoms with Crippen molar-refractivity contribution in [3.63, 3.8) is 0 Å². The molecule has 3 rings (SSSR count). The highest BCUT2D eigenvalue weighted by Gasteiger charge is 2.11. The van der Waals surface area contributed by atoms with Crippen molar-refractivity contribution in [2.75, 3.05) is 0 Å². The molecule has 7 heteroatoms. The molecule has 0 radical (unpaired) electrons. The number of amides is 1. The monoisotopic (exact) mass is 396 g/mol. The van der Waals surface area contributed by atoms with E-state index in [1.807, 2.05) is 0 Å². The first-order valence-electron chi connectivity index (χ1n) is 8.19. The Morgan fingerprint density at radius 3 is 2.29 bits per heavy atom. The summed E-state index contributed by atoms with van der Waals surface area (Å²) in [6.45, 7) is 0. The van der Waals surface area contributed by atoms with Crippen LogP contribution in [0.1, 0.15) is 26.3 Å². The molecule has 140 valence electrons. The zero-order valence-corrected chi connectivity index (χ0v) is 15.2. The van der Waals surface area contributed by atoms with Gasteiger partial charge in [0.05, 0.1) is 11.8 Å². The summed E-state index contributed by atoms with van der Waals surface area (Å²) in [6.07, 6.45) is 1.35. The van der Waals surface area contributed by atoms with Gasteiger partial charge in [0.15, 0.2) is 0 Å². The molecule has 28 heavy (non-hydrogen) atoms. The molecule has 0 aliphatic rings. The predicted octanol–water partition coefficient (Wildman–Crippen LogP) is 4.46. The number of carbonyl (C=O) groups excluding carboxylic acids is 2. The highest BCUT2D eigenvalue weighted by atomic mass is 35.5. The SMILES string of the molecule is O=C(NN=Cc1ccccc1OC(=O)c1ccc(Cl)cc1)c1ccc(F)cc1. The molecule has 1 amide bonds. The van der Waals surface area contributed by atoms with Crippen molar-refractivity contribution in [2.45, 2.75) is 0 Å². The second kappa shape index (κ2) is 8.92. The lowest BCUT2D eigenvalue weighted by atomic mass is 10.2. The first kappa shape index (κ1) is 19.3. The van der Waals surface area contributed by atoms with Crippen LogP contribution in [-0.4, -0.2) is 18.1 Å². The van der Waals surface area contributed by atoms with Crippen LogP contribution >= 0.6 is 11.6 Å². The van der Waals surface area contributed by atoms with Crippen LogP contribution in [0.3, 0.4) is 0 Å². The van der Waals surface area contributed by atoms with Gasteiger partial charge in [0, 0.05) is 16.1 Å². The van der Waals surface area contributed by atoms with E-state index >= 15 is 0 Å². The number of hydrogen-bond donors (Lipinski definition) is 1. The Balaban J connectivity index is 1.68. The zero-order chi connectivity index (χ0) is 19.9. The van der Waals surface area contributed by atoms with Crippen molar-refractivity contribution in [3.05, 3.63) is 100 Å². The number of halogens is 2. The summed E-state index contributed by atoms with van der Waals surface area (Å²) in [5, 5.41) is 4.38. The molecule has 0 spiro atoms. The number of nitrogens with zero attached hydrogens (tertiary/aromatic N) is 1. The first-order chi connectivity index (χ1) is 13.5. The average molecular weight is 397 g/mol. The summed E-state index contributed by atoms with van der Waals surface area (Å²) in [4.78, 5) is 24.2. The molecular formula is C21H14ClFN2O3. The number of para-hydroxylation sites is 1. The number of hydrazone groups is 1. The number of hydrogen-bond acceptors (Lipinski definition) is 4. The lowest BCUT2D eigenvalue weighted by Crippen LogP contribution is -2.17. The van der Waals surface area contributed by atoms with Crippen molar-refractivity contribution < 1.29 is 18.7 Å². The summed E-state index contributed by atoms with van der Waals surface area (Å²) < 4.78 is 18.3. The standard InChI is InChI=1S/C21H14ClFN2O3/c22-17-9-5-15(6-10-17)21(27)28-19-4-2-1-3-16(19)13-24-25-20(26)14-7-11-18(23)12-8-14/h1-13H,(H,25,26). The third kappa shape index (κ3) is 5.02. The smallest absolute Gasteiger partial charge is 0.343 e. The Labute approximate surface area is 165 Å². The highest BCUT2D eigenvalue weighted by Crippen LogP contribution is 2.18. The van der Waals surface area contributed by atoms with Crippen molar-refractivity contribution in [1.29, 1.82) is 0 Å². The summed E-state index contributed by atoms with van der Waals surface area (Å²) in [5.74, 6) is -1.20. The van der Waals surface area contributed by atoms with Crippen molar-refractivity contribution in [3.8, 4) is 5.75 Å². The summed E-state index contributed by atoms with van der Waals surface area (Å²) >= 11 is 5.81. The maximum absolute atomic E-state index is 12.9. The van der Waals surface area contributed by atoms with Crippen LogP contribution < -0.4 is 10.2 Å². The molecule has 0 unspecified atom stereocenters. The number of nitrogens with one attached hydrogen (secondary N) is 1. The van der Waals surface area contributed by atoms with E-state index in [0.29, 0.717) is 16.1 Å². The third-order valence-corrected chi connectivity index (χ3v) is 3.93. The van der Waals surface area contributed by atoms with Crippen LogP contribution in [0.5, 0.6) is 5.75 Å².